The molecule has 0 bridgehead atoms. The summed E-state index contributed by atoms with van der Waals surface area (Å²) in [5.41, 5.74) is 12.6. The Hall–Kier alpha value is -3.32. The van der Waals surface area contributed by atoms with Gasteiger partial charge in [0, 0.05) is 39.3 Å². The quantitative estimate of drug-likeness (QED) is 0.375. The van der Waals surface area contributed by atoms with Crippen LogP contribution in [0.2, 0.25) is 5.02 Å². The molecule has 6 nitrogen and oxygen atoms in total. The third kappa shape index (κ3) is 3.46. The van der Waals surface area contributed by atoms with Crippen molar-refractivity contribution >= 4 is 28.3 Å². The number of pyridine rings is 1. The zero-order valence-electron chi connectivity index (χ0n) is 19.0. The first kappa shape index (κ1) is 21.2. The van der Waals surface area contributed by atoms with Crippen LogP contribution in [-0.4, -0.2) is 30.3 Å². The number of hydrogen-bond acceptors (Lipinski definition) is 5. The Labute approximate surface area is 202 Å². The van der Waals surface area contributed by atoms with Gasteiger partial charge < -0.3 is 10.8 Å². The molecule has 0 atom stereocenters. The van der Waals surface area contributed by atoms with E-state index in [1.807, 2.05) is 62.5 Å². The Morgan fingerprint density at radius 3 is 2.35 bits per heavy atom. The zero-order chi connectivity index (χ0) is 23.7. The standard InChI is InChI=1S/C27H24ClN5O/c1-16-11-23-30-13-19-12-22(17-5-9-21(28)10-6-17)24(31-25(19)33(23)32-16)18-3-7-20(8-4-18)27(29)14-26(2,34)15-27/h3-13,34H,14-15,29H2,1-2H3/t26-,27+. The topological polar surface area (TPSA) is 89.3 Å². The van der Waals surface area contributed by atoms with Gasteiger partial charge in [-0.05, 0) is 56.0 Å². The van der Waals surface area contributed by atoms with Gasteiger partial charge in [0.1, 0.15) is 0 Å². The molecule has 34 heavy (non-hydrogen) atoms. The van der Waals surface area contributed by atoms with E-state index in [-0.39, 0.29) is 0 Å². The number of nitrogens with two attached hydrogens (primary N) is 1. The van der Waals surface area contributed by atoms with Crippen LogP contribution < -0.4 is 5.73 Å². The van der Waals surface area contributed by atoms with Crippen LogP contribution in [0.15, 0.2) is 66.9 Å². The summed E-state index contributed by atoms with van der Waals surface area (Å²) in [6, 6.07) is 20.0. The first-order valence-corrected chi connectivity index (χ1v) is 11.6. The lowest BCUT2D eigenvalue weighted by Crippen LogP contribution is -2.58. The van der Waals surface area contributed by atoms with Crippen LogP contribution in [0, 0.1) is 6.92 Å². The van der Waals surface area contributed by atoms with Gasteiger partial charge in [-0.1, -0.05) is 48.0 Å². The zero-order valence-corrected chi connectivity index (χ0v) is 19.7. The lowest BCUT2D eigenvalue weighted by Gasteiger charge is -2.49. The second-order valence-corrected chi connectivity index (χ2v) is 10.1. The van der Waals surface area contributed by atoms with Crippen molar-refractivity contribution in [1.29, 1.82) is 0 Å². The minimum atomic E-state index is -0.698. The van der Waals surface area contributed by atoms with Crippen LogP contribution in [0.3, 0.4) is 0 Å². The second-order valence-electron chi connectivity index (χ2n) is 9.70. The van der Waals surface area contributed by atoms with Crippen molar-refractivity contribution < 1.29 is 5.11 Å². The molecule has 1 aliphatic carbocycles. The maximum atomic E-state index is 10.2. The molecule has 0 saturated heterocycles. The van der Waals surface area contributed by atoms with Crippen LogP contribution in [0.4, 0.5) is 0 Å². The molecule has 7 heteroatoms. The van der Waals surface area contributed by atoms with E-state index in [2.05, 4.69) is 28.3 Å². The van der Waals surface area contributed by atoms with E-state index in [9.17, 15) is 5.11 Å². The molecular weight excluding hydrogens is 446 g/mol. The number of halogens is 1. The van der Waals surface area contributed by atoms with E-state index < -0.39 is 11.1 Å². The number of nitrogens with zero attached hydrogens (tertiary/aromatic N) is 4. The Kier molecular flexibility index (Phi) is 4.58. The number of benzene rings is 2. The molecule has 0 amide bonds. The van der Waals surface area contributed by atoms with Gasteiger partial charge in [0.2, 0.25) is 0 Å². The number of aromatic nitrogens is 4. The highest BCUT2D eigenvalue weighted by Crippen LogP contribution is 2.46. The fraction of sp³-hybridized carbons (Fsp3) is 0.222. The number of aryl methyl sites for hydroxylation is 1. The van der Waals surface area contributed by atoms with Crippen molar-refractivity contribution in [3.05, 3.63) is 83.1 Å². The molecule has 0 aliphatic heterocycles. The van der Waals surface area contributed by atoms with Crippen molar-refractivity contribution in [1.82, 2.24) is 19.6 Å². The second kappa shape index (κ2) is 7.34. The monoisotopic (exact) mass is 469 g/mol. The Bertz CT molecular complexity index is 1550. The highest BCUT2D eigenvalue weighted by molar-refractivity contribution is 6.30. The number of hydrogen-bond donors (Lipinski definition) is 2. The lowest BCUT2D eigenvalue weighted by atomic mass is 9.63. The van der Waals surface area contributed by atoms with Crippen molar-refractivity contribution in [3.63, 3.8) is 0 Å². The lowest BCUT2D eigenvalue weighted by molar-refractivity contribution is -0.0738. The van der Waals surface area contributed by atoms with Crippen molar-refractivity contribution in [2.24, 2.45) is 5.73 Å². The molecule has 1 saturated carbocycles. The Balaban J connectivity index is 1.53. The third-order valence-electron chi connectivity index (χ3n) is 6.66. The number of rotatable bonds is 3. The summed E-state index contributed by atoms with van der Waals surface area (Å²) < 4.78 is 1.79. The molecule has 3 heterocycles. The van der Waals surface area contributed by atoms with Gasteiger partial charge in [0.25, 0.3) is 0 Å². The summed E-state index contributed by atoms with van der Waals surface area (Å²) in [4.78, 5) is 9.64. The first-order chi connectivity index (χ1) is 16.2. The predicted octanol–water partition coefficient (Wildman–Crippen LogP) is 5.27. The fourth-order valence-electron chi connectivity index (χ4n) is 5.19. The van der Waals surface area contributed by atoms with Gasteiger partial charge >= 0.3 is 0 Å². The highest BCUT2D eigenvalue weighted by atomic mass is 35.5. The summed E-state index contributed by atoms with van der Waals surface area (Å²) in [5.74, 6) is 0. The number of aliphatic hydroxyl groups is 1. The Morgan fingerprint density at radius 1 is 1.00 bits per heavy atom. The largest absolute Gasteiger partial charge is 0.390 e. The van der Waals surface area contributed by atoms with E-state index in [1.165, 1.54) is 0 Å². The van der Waals surface area contributed by atoms with Crippen molar-refractivity contribution in [2.75, 3.05) is 0 Å². The van der Waals surface area contributed by atoms with Gasteiger partial charge in [-0.3, -0.25) is 0 Å². The van der Waals surface area contributed by atoms with Crippen LogP contribution >= 0.6 is 11.6 Å². The molecule has 0 spiro atoms. The summed E-state index contributed by atoms with van der Waals surface area (Å²) >= 11 is 6.15. The van der Waals surface area contributed by atoms with E-state index in [4.69, 9.17) is 22.3 Å². The van der Waals surface area contributed by atoms with Gasteiger partial charge in [-0.25, -0.2) is 9.97 Å². The van der Waals surface area contributed by atoms with Crippen LogP contribution in [0.5, 0.6) is 0 Å². The molecule has 3 N–H and O–H groups in total. The molecule has 0 radical (unpaired) electrons. The Morgan fingerprint density at radius 2 is 1.68 bits per heavy atom. The SMILES string of the molecule is Cc1cc2ncc3cc(-c4ccc(Cl)cc4)c(-c4ccc([C@]5(N)C[C@@](C)(O)C5)cc4)nc3n2n1. The highest BCUT2D eigenvalue weighted by Gasteiger charge is 2.49. The van der Waals surface area contributed by atoms with Crippen molar-refractivity contribution in [2.45, 2.75) is 37.8 Å². The fourth-order valence-corrected chi connectivity index (χ4v) is 5.32. The van der Waals surface area contributed by atoms with Gasteiger partial charge in [0.05, 0.1) is 17.0 Å². The molecule has 170 valence electrons. The molecule has 6 rings (SSSR count). The molecule has 3 aromatic heterocycles. The van der Waals surface area contributed by atoms with Gasteiger partial charge in [-0.2, -0.15) is 9.61 Å². The summed E-state index contributed by atoms with van der Waals surface area (Å²) in [6.45, 7) is 3.78. The molecule has 1 fully saturated rings. The summed E-state index contributed by atoms with van der Waals surface area (Å²) in [5, 5.41) is 16.4. The normalized spacial score (nSPS) is 22.3. The van der Waals surface area contributed by atoms with E-state index in [1.54, 1.807) is 4.52 Å². The maximum absolute atomic E-state index is 10.2. The number of fused-ring (bicyclic) bond motifs is 3. The van der Waals surface area contributed by atoms with E-state index in [0.717, 1.165) is 50.3 Å². The summed E-state index contributed by atoms with van der Waals surface area (Å²) in [6.07, 6.45) is 2.94. The average Bonchev–Trinajstić information content (AvgIpc) is 3.18. The van der Waals surface area contributed by atoms with Crippen molar-refractivity contribution in [3.8, 4) is 22.4 Å². The van der Waals surface area contributed by atoms with E-state index >= 15 is 0 Å². The van der Waals surface area contributed by atoms with Crippen LogP contribution in [0.25, 0.3) is 39.1 Å². The predicted molar refractivity (Wildman–Crippen MR) is 135 cm³/mol. The van der Waals surface area contributed by atoms with Gasteiger partial charge in [-0.15, -0.1) is 0 Å². The summed E-state index contributed by atoms with van der Waals surface area (Å²) in [7, 11) is 0. The minimum Gasteiger partial charge on any atom is -0.390 e. The van der Waals surface area contributed by atoms with Crippen LogP contribution in [-0.2, 0) is 5.54 Å². The maximum Gasteiger partial charge on any atom is 0.165 e. The first-order valence-electron chi connectivity index (χ1n) is 11.3. The molecule has 5 aromatic rings. The molecule has 0 unspecified atom stereocenters. The minimum absolute atomic E-state index is 0.498. The molecule has 2 aromatic carbocycles. The average molecular weight is 470 g/mol. The van der Waals surface area contributed by atoms with Gasteiger partial charge in [0.15, 0.2) is 11.3 Å². The third-order valence-corrected chi connectivity index (χ3v) is 6.91. The van der Waals surface area contributed by atoms with Crippen LogP contribution in [0.1, 0.15) is 31.0 Å². The molecular formula is C27H24ClN5O. The van der Waals surface area contributed by atoms with E-state index in [0.29, 0.717) is 17.9 Å². The molecule has 1 aliphatic rings. The smallest absolute Gasteiger partial charge is 0.165 e.